The largest absolute Gasteiger partial charge is 0.416 e. The van der Waals surface area contributed by atoms with Crippen LogP contribution in [0.15, 0.2) is 34.3 Å². The van der Waals surface area contributed by atoms with Gasteiger partial charge in [-0.25, -0.2) is 18.2 Å². The SMILES string of the molecule is CSc1n[nH]c(NS(=O)(=O)c2cccc(C(F)(F)F)c2)n1. The number of H-pyrrole nitrogens is 1. The summed E-state index contributed by atoms with van der Waals surface area (Å²) in [7, 11) is -4.18. The van der Waals surface area contributed by atoms with E-state index in [2.05, 4.69) is 15.2 Å². The highest BCUT2D eigenvalue weighted by atomic mass is 32.2. The van der Waals surface area contributed by atoms with Gasteiger partial charge in [0, 0.05) is 0 Å². The highest BCUT2D eigenvalue weighted by Crippen LogP contribution is 2.30. The molecule has 1 aromatic carbocycles. The van der Waals surface area contributed by atoms with E-state index in [4.69, 9.17) is 0 Å². The third-order valence-corrected chi connectivity index (χ3v) is 4.23. The molecule has 0 spiro atoms. The van der Waals surface area contributed by atoms with Gasteiger partial charge in [-0.1, -0.05) is 17.8 Å². The average molecular weight is 338 g/mol. The minimum absolute atomic E-state index is 0.170. The monoisotopic (exact) mass is 338 g/mol. The van der Waals surface area contributed by atoms with Gasteiger partial charge in [-0.15, -0.1) is 5.10 Å². The van der Waals surface area contributed by atoms with Crippen LogP contribution in [0, 0.1) is 0 Å². The summed E-state index contributed by atoms with van der Waals surface area (Å²) in [4.78, 5) is 3.28. The summed E-state index contributed by atoms with van der Waals surface area (Å²) >= 11 is 1.18. The molecule has 0 aliphatic rings. The molecule has 0 fully saturated rings. The molecule has 0 amide bonds. The molecule has 0 bridgehead atoms. The van der Waals surface area contributed by atoms with Crippen LogP contribution in [-0.2, 0) is 16.2 Å². The summed E-state index contributed by atoms with van der Waals surface area (Å²) in [5.74, 6) is -0.170. The molecule has 0 unspecified atom stereocenters. The number of benzene rings is 1. The fourth-order valence-electron chi connectivity index (χ4n) is 1.41. The van der Waals surface area contributed by atoms with Gasteiger partial charge in [-0.05, 0) is 24.5 Å². The lowest BCUT2D eigenvalue weighted by Crippen LogP contribution is -2.15. The van der Waals surface area contributed by atoms with Gasteiger partial charge < -0.3 is 0 Å². The maximum Gasteiger partial charge on any atom is 0.416 e. The van der Waals surface area contributed by atoms with E-state index in [9.17, 15) is 21.6 Å². The van der Waals surface area contributed by atoms with Crippen molar-refractivity contribution in [1.82, 2.24) is 15.2 Å². The Morgan fingerprint density at radius 3 is 2.62 bits per heavy atom. The molecule has 11 heteroatoms. The van der Waals surface area contributed by atoms with Crippen molar-refractivity contribution in [2.75, 3.05) is 11.0 Å². The number of halogens is 3. The van der Waals surface area contributed by atoms with Crippen LogP contribution in [0.3, 0.4) is 0 Å². The maximum atomic E-state index is 12.6. The van der Waals surface area contributed by atoms with Crippen molar-refractivity contribution >= 4 is 27.7 Å². The van der Waals surface area contributed by atoms with Crippen LogP contribution in [0.2, 0.25) is 0 Å². The van der Waals surface area contributed by atoms with E-state index in [0.29, 0.717) is 11.2 Å². The van der Waals surface area contributed by atoms with E-state index in [1.54, 1.807) is 6.26 Å². The number of aromatic amines is 1. The van der Waals surface area contributed by atoms with Crippen LogP contribution >= 0.6 is 11.8 Å². The fourth-order valence-corrected chi connectivity index (χ4v) is 2.73. The van der Waals surface area contributed by atoms with Crippen molar-refractivity contribution in [3.63, 3.8) is 0 Å². The van der Waals surface area contributed by atoms with Crippen molar-refractivity contribution in [1.29, 1.82) is 0 Å². The van der Waals surface area contributed by atoms with Gasteiger partial charge in [0.2, 0.25) is 11.1 Å². The molecule has 0 atom stereocenters. The smallest absolute Gasteiger partial charge is 0.248 e. The third-order valence-electron chi connectivity index (χ3n) is 2.35. The number of anilines is 1. The number of nitrogens with one attached hydrogen (secondary N) is 2. The molecule has 2 rings (SSSR count). The highest BCUT2D eigenvalue weighted by molar-refractivity contribution is 7.98. The summed E-state index contributed by atoms with van der Waals surface area (Å²) in [6.07, 6.45) is -2.93. The number of hydrogen-bond acceptors (Lipinski definition) is 5. The predicted octanol–water partition coefficient (Wildman–Crippen LogP) is 2.35. The van der Waals surface area contributed by atoms with Gasteiger partial charge in [-0.3, -0.25) is 0 Å². The van der Waals surface area contributed by atoms with Crippen molar-refractivity contribution in [2.24, 2.45) is 0 Å². The molecule has 2 aromatic rings. The quantitative estimate of drug-likeness (QED) is 0.836. The Kier molecular flexibility index (Phi) is 4.14. The minimum atomic E-state index is -4.62. The van der Waals surface area contributed by atoms with Crippen LogP contribution < -0.4 is 4.72 Å². The van der Waals surface area contributed by atoms with Gasteiger partial charge in [0.1, 0.15) is 0 Å². The molecule has 0 saturated heterocycles. The lowest BCUT2D eigenvalue weighted by Gasteiger charge is -2.09. The molecule has 1 heterocycles. The van der Waals surface area contributed by atoms with E-state index in [1.807, 2.05) is 4.72 Å². The number of sulfonamides is 1. The van der Waals surface area contributed by atoms with Crippen molar-refractivity contribution in [3.05, 3.63) is 29.8 Å². The molecule has 2 N–H and O–H groups in total. The fraction of sp³-hybridized carbons (Fsp3) is 0.200. The van der Waals surface area contributed by atoms with Crippen LogP contribution in [0.5, 0.6) is 0 Å². The maximum absolute atomic E-state index is 12.6. The first kappa shape index (κ1) is 15.6. The van der Waals surface area contributed by atoms with Crippen LogP contribution in [0.1, 0.15) is 5.56 Å². The number of rotatable bonds is 4. The molecule has 0 saturated carbocycles. The van der Waals surface area contributed by atoms with Gasteiger partial charge in [0.15, 0.2) is 0 Å². The predicted molar refractivity (Wildman–Crippen MR) is 70.4 cm³/mol. The van der Waals surface area contributed by atoms with Crippen LogP contribution in [0.25, 0.3) is 0 Å². The second-order valence-electron chi connectivity index (χ2n) is 3.80. The summed E-state index contributed by atoms with van der Waals surface area (Å²) in [5.41, 5.74) is -1.05. The molecule has 6 nitrogen and oxygen atoms in total. The van der Waals surface area contributed by atoms with Gasteiger partial charge in [0.05, 0.1) is 10.5 Å². The highest BCUT2D eigenvalue weighted by Gasteiger charge is 2.31. The lowest BCUT2D eigenvalue weighted by atomic mass is 10.2. The standard InChI is InChI=1S/C10H9F3N4O2S2/c1-20-9-14-8(15-16-9)17-21(18,19)7-4-2-3-6(5-7)10(11,12)13/h2-5H,1H3,(H2,14,15,16,17). The number of thioether (sulfide) groups is 1. The Balaban J connectivity index is 2.31. The van der Waals surface area contributed by atoms with E-state index >= 15 is 0 Å². The Bertz CT molecular complexity index is 743. The molecule has 0 aliphatic heterocycles. The van der Waals surface area contributed by atoms with E-state index in [1.165, 1.54) is 11.8 Å². The Morgan fingerprint density at radius 1 is 1.33 bits per heavy atom. The molecule has 1 aromatic heterocycles. The molecule has 0 radical (unpaired) electrons. The van der Waals surface area contributed by atoms with Gasteiger partial charge in [-0.2, -0.15) is 18.2 Å². The van der Waals surface area contributed by atoms with Crippen molar-refractivity contribution in [2.45, 2.75) is 16.2 Å². The molecule has 21 heavy (non-hydrogen) atoms. The number of aromatic nitrogens is 3. The second-order valence-corrected chi connectivity index (χ2v) is 6.26. The number of nitrogens with zero attached hydrogens (tertiary/aromatic N) is 2. The number of alkyl halides is 3. The Hall–Kier alpha value is -1.75. The van der Waals surface area contributed by atoms with Crippen molar-refractivity contribution in [3.8, 4) is 0 Å². The molecule has 0 aliphatic carbocycles. The average Bonchev–Trinajstić information content (AvgIpc) is 2.85. The number of hydrogen-bond donors (Lipinski definition) is 2. The van der Waals surface area contributed by atoms with Crippen LogP contribution in [0.4, 0.5) is 19.1 Å². The zero-order valence-electron chi connectivity index (χ0n) is 10.5. The normalized spacial score (nSPS) is 12.4. The summed E-state index contributed by atoms with van der Waals surface area (Å²) in [6.45, 7) is 0. The zero-order chi connectivity index (χ0) is 15.7. The summed E-state index contributed by atoms with van der Waals surface area (Å²) < 4.78 is 63.8. The Labute approximate surface area is 122 Å². The minimum Gasteiger partial charge on any atom is -0.248 e. The third kappa shape index (κ3) is 3.67. The molecular formula is C10H9F3N4O2S2. The lowest BCUT2D eigenvalue weighted by molar-refractivity contribution is -0.137. The summed E-state index contributed by atoms with van der Waals surface area (Å²) in [5, 5.41) is 6.32. The first-order chi connectivity index (χ1) is 9.72. The topological polar surface area (TPSA) is 87.7 Å². The van der Waals surface area contributed by atoms with Gasteiger partial charge in [0.25, 0.3) is 10.0 Å². The molecule has 114 valence electrons. The zero-order valence-corrected chi connectivity index (χ0v) is 12.1. The van der Waals surface area contributed by atoms with Gasteiger partial charge >= 0.3 is 6.18 Å². The summed E-state index contributed by atoms with van der Waals surface area (Å²) in [6, 6.07) is 3.42. The second kappa shape index (κ2) is 5.56. The Morgan fingerprint density at radius 2 is 2.05 bits per heavy atom. The van der Waals surface area contributed by atoms with Crippen LogP contribution in [-0.4, -0.2) is 29.9 Å². The van der Waals surface area contributed by atoms with E-state index < -0.39 is 26.7 Å². The van der Waals surface area contributed by atoms with E-state index in [0.717, 1.165) is 18.2 Å². The van der Waals surface area contributed by atoms with Crippen molar-refractivity contribution < 1.29 is 21.6 Å². The van der Waals surface area contributed by atoms with E-state index in [-0.39, 0.29) is 5.95 Å². The first-order valence-corrected chi connectivity index (χ1v) is 8.09. The first-order valence-electron chi connectivity index (χ1n) is 5.39. The molecular weight excluding hydrogens is 329 g/mol.